The zero-order valence-electron chi connectivity index (χ0n) is 8.82. The molecule has 1 aromatic rings. The molecule has 1 saturated heterocycles. The second kappa shape index (κ2) is 4.27. The molecule has 0 aliphatic carbocycles. The highest BCUT2D eigenvalue weighted by Gasteiger charge is 2.17. The van der Waals surface area contributed by atoms with Crippen molar-refractivity contribution in [2.24, 2.45) is 0 Å². The van der Waals surface area contributed by atoms with Crippen LogP contribution in [-0.2, 0) is 6.42 Å². The van der Waals surface area contributed by atoms with Crippen LogP contribution in [0.1, 0.15) is 24.0 Å². The summed E-state index contributed by atoms with van der Waals surface area (Å²) in [6.45, 7) is 2.57. The van der Waals surface area contributed by atoms with E-state index in [1.807, 2.05) is 0 Å². The Labute approximate surface area is 88.5 Å². The van der Waals surface area contributed by atoms with E-state index in [2.05, 4.69) is 5.32 Å². The van der Waals surface area contributed by atoms with Crippen molar-refractivity contribution < 1.29 is 8.78 Å². The maximum Gasteiger partial charge on any atom is 0.126 e. The Morgan fingerprint density at radius 3 is 2.80 bits per heavy atom. The van der Waals surface area contributed by atoms with Crippen molar-refractivity contribution in [3.63, 3.8) is 0 Å². The Morgan fingerprint density at radius 1 is 1.33 bits per heavy atom. The minimum atomic E-state index is -0.315. The van der Waals surface area contributed by atoms with Crippen molar-refractivity contribution in [3.8, 4) is 0 Å². The summed E-state index contributed by atoms with van der Waals surface area (Å²) >= 11 is 0. The molecular formula is C12H15F2N. The summed E-state index contributed by atoms with van der Waals surface area (Å²) in [7, 11) is 0. The van der Waals surface area contributed by atoms with E-state index in [0.29, 0.717) is 23.6 Å². The summed E-state index contributed by atoms with van der Waals surface area (Å²) in [5.74, 6) is -0.605. The molecule has 1 aliphatic heterocycles. The highest BCUT2D eigenvalue weighted by Crippen LogP contribution is 2.18. The Hall–Kier alpha value is -0.960. The Morgan fingerprint density at radius 2 is 2.13 bits per heavy atom. The second-order valence-corrected chi connectivity index (χ2v) is 4.19. The number of halogens is 2. The van der Waals surface area contributed by atoms with Crippen molar-refractivity contribution in [2.45, 2.75) is 32.2 Å². The lowest BCUT2D eigenvalue weighted by atomic mass is 10.0. The molecule has 0 bridgehead atoms. The summed E-state index contributed by atoms with van der Waals surface area (Å²) in [5.41, 5.74) is 0.855. The van der Waals surface area contributed by atoms with Gasteiger partial charge in [0.15, 0.2) is 0 Å². The van der Waals surface area contributed by atoms with Crippen LogP contribution >= 0.6 is 0 Å². The molecule has 1 nitrogen and oxygen atoms in total. The number of benzene rings is 1. The predicted octanol–water partition coefficient (Wildman–Crippen LogP) is 2.57. The zero-order chi connectivity index (χ0) is 10.8. The number of hydrogen-bond acceptors (Lipinski definition) is 1. The Kier molecular flexibility index (Phi) is 3.00. The quantitative estimate of drug-likeness (QED) is 0.792. The molecule has 3 heteroatoms. The number of aryl methyl sites for hydroxylation is 1. The van der Waals surface area contributed by atoms with E-state index in [0.717, 1.165) is 19.4 Å². The molecule has 1 atom stereocenters. The fourth-order valence-electron chi connectivity index (χ4n) is 2.04. The molecule has 0 spiro atoms. The highest BCUT2D eigenvalue weighted by atomic mass is 19.1. The van der Waals surface area contributed by atoms with E-state index in [1.165, 1.54) is 12.1 Å². The fraction of sp³-hybridized carbons (Fsp3) is 0.500. The monoisotopic (exact) mass is 211 g/mol. The summed E-state index contributed by atoms with van der Waals surface area (Å²) in [4.78, 5) is 0. The van der Waals surface area contributed by atoms with E-state index < -0.39 is 0 Å². The minimum Gasteiger partial charge on any atom is -0.314 e. The summed E-state index contributed by atoms with van der Waals surface area (Å²) < 4.78 is 26.7. The molecule has 1 unspecified atom stereocenters. The summed E-state index contributed by atoms with van der Waals surface area (Å²) in [6.07, 6.45) is 2.76. The second-order valence-electron chi connectivity index (χ2n) is 4.19. The molecular weight excluding hydrogens is 196 g/mol. The van der Waals surface area contributed by atoms with Crippen LogP contribution in [0.3, 0.4) is 0 Å². The van der Waals surface area contributed by atoms with Gasteiger partial charge in [-0.2, -0.15) is 0 Å². The SMILES string of the molecule is Cc1cc(F)c(CC2CCCN2)cc1F. The van der Waals surface area contributed by atoms with E-state index in [-0.39, 0.29) is 11.6 Å². The highest BCUT2D eigenvalue weighted by molar-refractivity contribution is 5.26. The molecule has 1 N–H and O–H groups in total. The van der Waals surface area contributed by atoms with Crippen LogP contribution < -0.4 is 5.32 Å². The molecule has 0 radical (unpaired) electrons. The lowest BCUT2D eigenvalue weighted by molar-refractivity contribution is 0.546. The first-order valence-electron chi connectivity index (χ1n) is 5.34. The van der Waals surface area contributed by atoms with Gasteiger partial charge in [0.2, 0.25) is 0 Å². The van der Waals surface area contributed by atoms with E-state index in [9.17, 15) is 8.78 Å². The fourth-order valence-corrected chi connectivity index (χ4v) is 2.04. The van der Waals surface area contributed by atoms with Gasteiger partial charge in [-0.25, -0.2) is 8.78 Å². The first kappa shape index (κ1) is 10.6. The van der Waals surface area contributed by atoms with Gasteiger partial charge in [-0.15, -0.1) is 0 Å². The van der Waals surface area contributed by atoms with Crippen LogP contribution in [0, 0.1) is 18.6 Å². The molecule has 1 aromatic carbocycles. The first-order valence-corrected chi connectivity index (χ1v) is 5.34. The van der Waals surface area contributed by atoms with Gasteiger partial charge in [-0.05, 0) is 56.0 Å². The topological polar surface area (TPSA) is 12.0 Å². The van der Waals surface area contributed by atoms with Gasteiger partial charge in [-0.3, -0.25) is 0 Å². The normalized spacial score (nSPS) is 20.9. The maximum absolute atomic E-state index is 13.5. The van der Waals surface area contributed by atoms with E-state index in [1.54, 1.807) is 6.92 Å². The molecule has 82 valence electrons. The van der Waals surface area contributed by atoms with E-state index >= 15 is 0 Å². The predicted molar refractivity (Wildman–Crippen MR) is 55.8 cm³/mol. The van der Waals surface area contributed by atoms with Crippen molar-refractivity contribution in [1.29, 1.82) is 0 Å². The summed E-state index contributed by atoms with van der Waals surface area (Å²) in [6, 6.07) is 2.91. The third-order valence-electron chi connectivity index (χ3n) is 2.96. The van der Waals surface area contributed by atoms with Crippen LogP contribution in [0.2, 0.25) is 0 Å². The van der Waals surface area contributed by atoms with Gasteiger partial charge in [-0.1, -0.05) is 0 Å². The van der Waals surface area contributed by atoms with Crippen LogP contribution in [0.5, 0.6) is 0 Å². The standard InChI is InChI=1S/C12H15F2N/c1-8-5-12(14)9(7-11(8)13)6-10-3-2-4-15-10/h5,7,10,15H,2-4,6H2,1H3. The van der Waals surface area contributed by atoms with Crippen LogP contribution in [0.25, 0.3) is 0 Å². The number of hydrogen-bond donors (Lipinski definition) is 1. The van der Waals surface area contributed by atoms with Crippen molar-refractivity contribution in [1.82, 2.24) is 5.32 Å². The lowest BCUT2D eigenvalue weighted by Crippen LogP contribution is -2.24. The molecule has 1 heterocycles. The number of nitrogens with one attached hydrogen (secondary N) is 1. The maximum atomic E-state index is 13.5. The minimum absolute atomic E-state index is 0.289. The average Bonchev–Trinajstić information content (AvgIpc) is 2.67. The van der Waals surface area contributed by atoms with Crippen LogP contribution in [0.4, 0.5) is 8.78 Å². The molecule has 0 aromatic heterocycles. The first-order chi connectivity index (χ1) is 7.16. The van der Waals surface area contributed by atoms with Crippen molar-refractivity contribution in [2.75, 3.05) is 6.54 Å². The molecule has 1 fully saturated rings. The van der Waals surface area contributed by atoms with Gasteiger partial charge < -0.3 is 5.32 Å². The van der Waals surface area contributed by atoms with Gasteiger partial charge in [0.1, 0.15) is 11.6 Å². The van der Waals surface area contributed by atoms with Crippen molar-refractivity contribution in [3.05, 3.63) is 34.9 Å². The van der Waals surface area contributed by atoms with Gasteiger partial charge in [0.05, 0.1) is 0 Å². The Balaban J connectivity index is 2.16. The third-order valence-corrected chi connectivity index (χ3v) is 2.96. The molecule has 0 amide bonds. The molecule has 15 heavy (non-hydrogen) atoms. The molecule has 2 rings (SSSR count). The van der Waals surface area contributed by atoms with Crippen molar-refractivity contribution >= 4 is 0 Å². The molecule has 0 saturated carbocycles. The van der Waals surface area contributed by atoms with Crippen LogP contribution in [-0.4, -0.2) is 12.6 Å². The van der Waals surface area contributed by atoms with Crippen LogP contribution in [0.15, 0.2) is 12.1 Å². The lowest BCUT2D eigenvalue weighted by Gasteiger charge is -2.11. The van der Waals surface area contributed by atoms with Gasteiger partial charge in [0, 0.05) is 6.04 Å². The van der Waals surface area contributed by atoms with Gasteiger partial charge >= 0.3 is 0 Å². The van der Waals surface area contributed by atoms with E-state index in [4.69, 9.17) is 0 Å². The largest absolute Gasteiger partial charge is 0.314 e. The Bertz CT molecular complexity index is 357. The summed E-state index contributed by atoms with van der Waals surface area (Å²) in [5, 5.41) is 3.28. The zero-order valence-corrected chi connectivity index (χ0v) is 8.82. The smallest absolute Gasteiger partial charge is 0.126 e. The van der Waals surface area contributed by atoms with Gasteiger partial charge in [0.25, 0.3) is 0 Å². The third kappa shape index (κ3) is 2.34. The molecule has 1 aliphatic rings. The average molecular weight is 211 g/mol. The number of rotatable bonds is 2.